The van der Waals surface area contributed by atoms with Gasteiger partial charge in [0.2, 0.25) is 0 Å². The van der Waals surface area contributed by atoms with Crippen LogP contribution in [0.4, 0.5) is 0 Å². The molecule has 0 atom stereocenters. The van der Waals surface area contributed by atoms with Crippen LogP contribution in [-0.2, 0) is 43.6 Å². The molecule has 0 aromatic rings. The van der Waals surface area contributed by atoms with Gasteiger partial charge in [0.25, 0.3) is 0 Å². The summed E-state index contributed by atoms with van der Waals surface area (Å²) in [6, 6.07) is 0. The normalized spacial score (nSPS) is 0. The summed E-state index contributed by atoms with van der Waals surface area (Å²) in [4.78, 5) is 0. The van der Waals surface area contributed by atoms with E-state index in [1.54, 1.807) is 0 Å². The Labute approximate surface area is 76.6 Å². The van der Waals surface area contributed by atoms with Crippen LogP contribution in [0.15, 0.2) is 0 Å². The van der Waals surface area contributed by atoms with Gasteiger partial charge in [-0.2, -0.15) is 0 Å². The molecule has 0 aromatic carbocycles. The first-order valence-electron chi connectivity index (χ1n) is 0. The average Bonchev–Trinajstić information content (AvgIpc) is 0. The monoisotopic (exact) mass is 275 g/mol. The van der Waals surface area contributed by atoms with Crippen molar-refractivity contribution >= 4 is 0 Å². The van der Waals surface area contributed by atoms with Gasteiger partial charge in [0, 0.05) is 0 Å². The average molecular weight is 276 g/mol. The Morgan fingerprint density at radius 1 is 0.333 bits per heavy atom. The maximum Gasteiger partial charge on any atom is 4.00 e. The van der Waals surface area contributed by atoms with Gasteiger partial charge in [-0.15, -0.1) is 0 Å². The van der Waals surface area contributed by atoms with Crippen LogP contribution in [0.25, 0.3) is 0 Å². The Morgan fingerprint density at radius 2 is 0.333 bits per heavy atom. The minimum atomic E-state index is 0. The van der Waals surface area contributed by atoms with Crippen molar-refractivity contribution in [3.63, 3.8) is 0 Å². The van der Waals surface area contributed by atoms with E-state index in [0.29, 0.717) is 0 Å². The molecule has 0 aliphatic rings. The predicted molar refractivity (Wildman–Crippen MR) is 0 cm³/mol. The quantitative estimate of drug-likeness (QED) is 0.386. The maximum absolute atomic E-state index is 0. The Balaban J connectivity index is 0. The molecule has 0 spiro atoms. The molecule has 0 heterocycles. The van der Waals surface area contributed by atoms with E-state index in [0.717, 1.165) is 0 Å². The van der Waals surface area contributed by atoms with Crippen LogP contribution in [0.5, 0.6) is 0 Å². The first-order valence-corrected chi connectivity index (χ1v) is 0. The summed E-state index contributed by atoms with van der Waals surface area (Å²) in [5.41, 5.74) is 0. The zero-order valence-corrected chi connectivity index (χ0v) is 7.29. The zero-order chi connectivity index (χ0) is 0. The first kappa shape index (κ1) is 923. The van der Waals surface area contributed by atoms with Gasteiger partial charge in [0.15, 0.2) is 0 Å². The molecule has 0 saturated heterocycles. The minimum absolute atomic E-state index is 0. The van der Waals surface area contributed by atoms with Crippen LogP contribution in [-0.4, -0.2) is 0 Å². The van der Waals surface area contributed by atoms with Crippen molar-refractivity contribution < 1.29 is 76.5 Å². The molecule has 0 saturated carbocycles. The summed E-state index contributed by atoms with van der Waals surface area (Å²) in [5.74, 6) is 0. The van der Waals surface area contributed by atoms with Crippen LogP contribution in [0, 0.1) is 0 Å². The number of rotatable bonds is 0. The Kier molecular flexibility index (Phi) is 67100. The number of hydrogen-bond donors (Lipinski definition) is 0. The van der Waals surface area contributed by atoms with Gasteiger partial charge in [0.05, 0.1) is 0 Å². The van der Waals surface area contributed by atoms with E-state index in [4.69, 9.17) is 0 Å². The topological polar surface area (TPSA) is 0 Å². The third-order valence-electron chi connectivity index (χ3n) is 0. The van der Waals surface area contributed by atoms with Crippen molar-refractivity contribution in [2.75, 3.05) is 0 Å². The summed E-state index contributed by atoms with van der Waals surface area (Å²) in [6.07, 6.45) is 0. The molecular formula is CrF7Zr. The molecule has 0 N–H and O–H groups in total. The molecule has 0 nitrogen and oxygen atoms in total. The summed E-state index contributed by atoms with van der Waals surface area (Å²) in [7, 11) is 0. The van der Waals surface area contributed by atoms with Crippen molar-refractivity contribution in [3.8, 4) is 0 Å². The van der Waals surface area contributed by atoms with Gasteiger partial charge in [0.1, 0.15) is 0 Å². The third kappa shape index (κ3) is 500. The van der Waals surface area contributed by atoms with Crippen molar-refractivity contribution in [1.29, 1.82) is 0 Å². The van der Waals surface area contributed by atoms with Crippen molar-refractivity contribution in [2.45, 2.75) is 0 Å². The summed E-state index contributed by atoms with van der Waals surface area (Å²) in [6.45, 7) is 0. The third-order valence-corrected chi connectivity index (χ3v) is 0. The molecule has 0 rings (SSSR count). The molecule has 0 aliphatic heterocycles. The van der Waals surface area contributed by atoms with Crippen molar-refractivity contribution in [3.05, 3.63) is 0 Å². The molecule has 1 radical (unpaired) electrons. The molecule has 9 heteroatoms. The van der Waals surface area contributed by atoms with E-state index in [9.17, 15) is 0 Å². The van der Waals surface area contributed by atoms with E-state index in [1.807, 2.05) is 0 Å². The second-order valence-corrected chi connectivity index (χ2v) is 0. The summed E-state index contributed by atoms with van der Waals surface area (Å²) >= 11 is 0. The van der Waals surface area contributed by atoms with E-state index >= 15 is 0 Å². The second kappa shape index (κ2) is 654. The molecule has 0 unspecified atom stereocenters. The van der Waals surface area contributed by atoms with Gasteiger partial charge in [-0.1, -0.05) is 0 Å². The molecule has 0 aliphatic carbocycles. The smallest absolute Gasteiger partial charge is 1.00 e. The fraction of sp³-hybridized carbons (Fsp3) is 0. The van der Waals surface area contributed by atoms with Gasteiger partial charge in [-0.3, -0.25) is 0 Å². The van der Waals surface area contributed by atoms with Crippen LogP contribution in [0.1, 0.15) is 0 Å². The molecule has 0 fully saturated rings. The molecule has 0 amide bonds. The Hall–Kier alpha value is 0.926. The van der Waals surface area contributed by atoms with E-state index in [-0.39, 0.29) is 76.5 Å². The second-order valence-electron chi connectivity index (χ2n) is 0. The maximum atomic E-state index is 0. The van der Waals surface area contributed by atoms with Crippen LogP contribution in [0.3, 0.4) is 0 Å². The molecule has 9 heavy (non-hydrogen) atoms. The Morgan fingerprint density at radius 3 is 0.333 bits per heavy atom. The zero-order valence-electron chi connectivity index (χ0n) is 3.55. The van der Waals surface area contributed by atoms with E-state index in [1.165, 1.54) is 0 Å². The van der Waals surface area contributed by atoms with E-state index in [2.05, 4.69) is 0 Å². The van der Waals surface area contributed by atoms with Crippen molar-refractivity contribution in [1.82, 2.24) is 0 Å². The predicted octanol–water partition coefficient (Wildman–Crippen LogP) is -21.0. The van der Waals surface area contributed by atoms with Gasteiger partial charge >= 0.3 is 43.6 Å². The van der Waals surface area contributed by atoms with Gasteiger partial charge in [-0.25, -0.2) is 0 Å². The fourth-order valence-electron chi connectivity index (χ4n) is 0. The molecule has 0 bridgehead atoms. The first-order chi connectivity index (χ1) is 0. The molecule has 0 aromatic heterocycles. The van der Waals surface area contributed by atoms with Crippen LogP contribution >= 0.6 is 0 Å². The standard InChI is InChI=1S/Cr.7FH.Zr/h;7*1H;/q+3;;;;;;;;+4/p-7. The van der Waals surface area contributed by atoms with Gasteiger partial charge in [-0.05, 0) is 0 Å². The van der Waals surface area contributed by atoms with Crippen molar-refractivity contribution in [2.24, 2.45) is 0 Å². The van der Waals surface area contributed by atoms with Gasteiger partial charge < -0.3 is 32.9 Å². The largest absolute Gasteiger partial charge is 4.00 e. The summed E-state index contributed by atoms with van der Waals surface area (Å²) in [5, 5.41) is 0. The fourth-order valence-corrected chi connectivity index (χ4v) is 0. The number of hydrogen-bond acceptors (Lipinski definition) is 0. The van der Waals surface area contributed by atoms with E-state index < -0.39 is 0 Å². The molecule has 59 valence electrons. The number of halogens is 7. The SMILES string of the molecule is [Cr+3].[F-].[F-].[F-].[F-].[F-].[F-].[F-].[Zr+4]. The van der Waals surface area contributed by atoms with Crippen LogP contribution < -0.4 is 32.9 Å². The molecular weight excluding hydrogens is 276 g/mol. The Bertz CT molecular complexity index is 8.88. The van der Waals surface area contributed by atoms with Crippen LogP contribution in [0.2, 0.25) is 0 Å². The minimum Gasteiger partial charge on any atom is -1.00 e. The summed E-state index contributed by atoms with van der Waals surface area (Å²) < 4.78 is 0.